The van der Waals surface area contributed by atoms with E-state index in [1.165, 1.54) is 35.3 Å². The molecular weight excluding hydrogens is 629 g/mol. The van der Waals surface area contributed by atoms with Crippen molar-refractivity contribution in [3.63, 3.8) is 0 Å². The third-order valence-electron chi connectivity index (χ3n) is 6.00. The fourth-order valence-corrected chi connectivity index (χ4v) is 6.17. The summed E-state index contributed by atoms with van der Waals surface area (Å²) in [6.45, 7) is 0. The molecule has 0 spiro atoms. The van der Waals surface area contributed by atoms with E-state index in [1.807, 2.05) is 22.6 Å². The Morgan fingerprint density at radius 2 is 1.92 bits per heavy atom. The molecule has 0 radical (unpaired) electrons. The maximum absolute atomic E-state index is 13.2. The van der Waals surface area contributed by atoms with E-state index in [4.69, 9.17) is 9.47 Å². The predicted molar refractivity (Wildman–Crippen MR) is 149 cm³/mol. The van der Waals surface area contributed by atoms with Crippen LogP contribution in [-0.4, -0.2) is 32.8 Å². The molecule has 1 aliphatic rings. The van der Waals surface area contributed by atoms with Gasteiger partial charge >= 0.3 is 5.69 Å². The fourth-order valence-electron chi connectivity index (χ4n) is 4.22. The molecule has 1 aliphatic carbocycles. The molecule has 2 aromatic carbocycles. The van der Waals surface area contributed by atoms with Gasteiger partial charge in [-0.25, -0.2) is 4.98 Å². The number of thiophene rings is 1. The Balaban J connectivity index is 1.47. The van der Waals surface area contributed by atoms with Crippen molar-refractivity contribution in [2.45, 2.75) is 25.7 Å². The van der Waals surface area contributed by atoms with E-state index in [2.05, 4.69) is 10.1 Å². The summed E-state index contributed by atoms with van der Waals surface area (Å²) in [6.07, 6.45) is 6.88. The number of halogens is 1. The van der Waals surface area contributed by atoms with Gasteiger partial charge in [0.25, 0.3) is 11.2 Å². The monoisotopic (exact) mass is 647 g/mol. The Morgan fingerprint density at radius 3 is 2.66 bits per heavy atom. The number of nitrogens with zero attached hydrogens (tertiary/aromatic N) is 5. The first-order valence-corrected chi connectivity index (χ1v) is 13.2. The number of nitro groups is 2. The zero-order valence-electron chi connectivity index (χ0n) is 19.7. The number of non-ortho nitro benzene ring substituents is 1. The molecule has 0 amide bonds. The predicted octanol–water partition coefficient (Wildman–Crippen LogP) is 5.44. The van der Waals surface area contributed by atoms with Crippen molar-refractivity contribution in [2.24, 2.45) is 5.10 Å². The lowest BCUT2D eigenvalue weighted by molar-refractivity contribution is -0.394. The van der Waals surface area contributed by atoms with Gasteiger partial charge in [-0.1, -0.05) is 0 Å². The topological polar surface area (TPSA) is 152 Å². The molecule has 0 unspecified atom stereocenters. The molecule has 0 bridgehead atoms. The van der Waals surface area contributed by atoms with Crippen LogP contribution in [0.3, 0.4) is 0 Å². The van der Waals surface area contributed by atoms with E-state index in [0.717, 1.165) is 48.2 Å². The summed E-state index contributed by atoms with van der Waals surface area (Å²) in [5.74, 6) is 0.259. The zero-order valence-corrected chi connectivity index (χ0v) is 22.7. The largest absolute Gasteiger partial charge is 0.493 e. The van der Waals surface area contributed by atoms with Crippen molar-refractivity contribution < 1.29 is 19.3 Å². The highest BCUT2D eigenvalue weighted by Crippen LogP contribution is 2.41. The average molecular weight is 647 g/mol. The number of aryl methyl sites for hydroxylation is 2. The van der Waals surface area contributed by atoms with Crippen LogP contribution in [0.1, 0.15) is 28.8 Å². The summed E-state index contributed by atoms with van der Waals surface area (Å²) in [5.41, 5.74) is 0.453. The standard InChI is InChI=1S/C24H18IN5O7S/c1-36-19-9-13(8-16(25)22(19)37-18-7-6-14(29(32)33)10-17(18)30(34)35)11-27-28-12-26-23-21(24(28)31)15-4-2-3-5-20(15)38-23/h6-12H,2-5H2,1H3/b27-11-. The van der Waals surface area contributed by atoms with E-state index >= 15 is 0 Å². The zero-order chi connectivity index (χ0) is 27.0. The number of fused-ring (bicyclic) bond motifs is 3. The quantitative estimate of drug-likeness (QED) is 0.111. The van der Waals surface area contributed by atoms with Gasteiger partial charge in [0.1, 0.15) is 11.2 Å². The van der Waals surface area contributed by atoms with Crippen LogP contribution in [0.5, 0.6) is 17.2 Å². The molecule has 2 aromatic heterocycles. The molecule has 0 atom stereocenters. The number of benzene rings is 2. The van der Waals surface area contributed by atoms with Crippen LogP contribution in [-0.2, 0) is 12.8 Å². The molecule has 0 aliphatic heterocycles. The lowest BCUT2D eigenvalue weighted by atomic mass is 9.97. The molecule has 2 heterocycles. The summed E-state index contributed by atoms with van der Waals surface area (Å²) < 4.78 is 13.0. The SMILES string of the molecule is COc1cc(/C=N\n2cnc3sc4c(c3c2=O)CCCC4)cc(I)c1Oc1ccc([N+](=O)[O-])cc1[N+](=O)[O-]. The number of methoxy groups -OCH3 is 1. The molecule has 0 fully saturated rings. The van der Waals surface area contributed by atoms with Gasteiger partial charge in [-0.05, 0) is 77.6 Å². The van der Waals surface area contributed by atoms with Gasteiger partial charge in [0, 0.05) is 10.9 Å². The molecule has 0 N–H and O–H groups in total. The van der Waals surface area contributed by atoms with E-state index in [1.54, 1.807) is 23.5 Å². The number of rotatable bonds is 7. The Morgan fingerprint density at radius 1 is 1.13 bits per heavy atom. The van der Waals surface area contributed by atoms with Gasteiger partial charge < -0.3 is 9.47 Å². The maximum Gasteiger partial charge on any atom is 0.318 e. The van der Waals surface area contributed by atoms with Crippen LogP contribution < -0.4 is 15.0 Å². The second-order valence-corrected chi connectivity index (χ2v) is 10.6. The highest BCUT2D eigenvalue weighted by atomic mass is 127. The first-order valence-electron chi connectivity index (χ1n) is 11.3. The highest BCUT2D eigenvalue weighted by molar-refractivity contribution is 14.1. The van der Waals surface area contributed by atoms with Gasteiger partial charge in [-0.15, -0.1) is 11.3 Å². The summed E-state index contributed by atoms with van der Waals surface area (Å²) in [4.78, 5) is 40.6. The minimum atomic E-state index is -0.754. The number of hydrogen-bond acceptors (Lipinski definition) is 10. The Bertz CT molecular complexity index is 1700. The summed E-state index contributed by atoms with van der Waals surface area (Å²) in [6, 6.07) is 6.42. The van der Waals surface area contributed by atoms with Crippen molar-refractivity contribution >= 4 is 61.7 Å². The summed E-state index contributed by atoms with van der Waals surface area (Å²) in [7, 11) is 1.41. The Hall–Kier alpha value is -3.92. The van der Waals surface area contributed by atoms with Crippen LogP contribution >= 0.6 is 33.9 Å². The first kappa shape index (κ1) is 25.7. The number of aromatic nitrogens is 2. The first-order chi connectivity index (χ1) is 18.3. The second kappa shape index (κ2) is 10.4. The summed E-state index contributed by atoms with van der Waals surface area (Å²) in [5, 5.41) is 27.5. The fraction of sp³-hybridized carbons (Fsp3) is 0.208. The van der Waals surface area contributed by atoms with Crippen molar-refractivity contribution in [3.8, 4) is 17.2 Å². The molecule has 5 rings (SSSR count). The Kier molecular flexibility index (Phi) is 7.07. The minimum absolute atomic E-state index is 0.178. The molecular formula is C24H18IN5O7S. The average Bonchev–Trinajstić information content (AvgIpc) is 3.28. The third kappa shape index (κ3) is 4.83. The maximum atomic E-state index is 13.2. The van der Waals surface area contributed by atoms with Crippen molar-refractivity contribution in [2.75, 3.05) is 7.11 Å². The molecule has 12 nitrogen and oxygen atoms in total. The van der Waals surface area contributed by atoms with Gasteiger partial charge in [0.2, 0.25) is 5.75 Å². The van der Waals surface area contributed by atoms with Gasteiger partial charge in [-0.2, -0.15) is 9.78 Å². The highest BCUT2D eigenvalue weighted by Gasteiger charge is 2.24. The number of nitro benzene ring substituents is 2. The summed E-state index contributed by atoms with van der Waals surface area (Å²) >= 11 is 3.55. The minimum Gasteiger partial charge on any atom is -0.493 e. The lowest BCUT2D eigenvalue weighted by Crippen LogP contribution is -2.18. The Labute approximate surface area is 232 Å². The van der Waals surface area contributed by atoms with Crippen LogP contribution in [0.25, 0.3) is 10.2 Å². The molecule has 0 saturated heterocycles. The van der Waals surface area contributed by atoms with E-state index in [-0.39, 0.29) is 22.8 Å². The molecule has 14 heteroatoms. The smallest absolute Gasteiger partial charge is 0.318 e. The van der Waals surface area contributed by atoms with Crippen molar-refractivity contribution in [1.29, 1.82) is 0 Å². The normalized spacial score (nSPS) is 13.0. The second-order valence-electron chi connectivity index (χ2n) is 8.33. The number of ether oxygens (including phenoxy) is 2. The van der Waals surface area contributed by atoms with E-state index < -0.39 is 21.2 Å². The van der Waals surface area contributed by atoms with E-state index in [0.29, 0.717) is 14.5 Å². The van der Waals surface area contributed by atoms with Crippen LogP contribution in [0, 0.1) is 23.8 Å². The number of hydrogen-bond donors (Lipinski definition) is 0. The third-order valence-corrected chi connectivity index (χ3v) is 8.01. The van der Waals surface area contributed by atoms with Crippen LogP contribution in [0.15, 0.2) is 46.6 Å². The lowest BCUT2D eigenvalue weighted by Gasteiger charge is -2.13. The molecule has 194 valence electrons. The van der Waals surface area contributed by atoms with Crippen molar-refractivity contribution in [1.82, 2.24) is 9.66 Å². The van der Waals surface area contributed by atoms with Gasteiger partial charge in [-0.3, -0.25) is 25.0 Å². The van der Waals surface area contributed by atoms with Crippen molar-refractivity contribution in [3.05, 3.63) is 86.8 Å². The molecule has 0 saturated carbocycles. The molecule has 4 aromatic rings. The molecule has 38 heavy (non-hydrogen) atoms. The van der Waals surface area contributed by atoms with E-state index in [9.17, 15) is 25.0 Å². The van der Waals surface area contributed by atoms with Gasteiger partial charge in [0.15, 0.2) is 11.5 Å². The van der Waals surface area contributed by atoms with Crippen LogP contribution in [0.2, 0.25) is 0 Å². The van der Waals surface area contributed by atoms with Gasteiger partial charge in [0.05, 0.1) is 38.2 Å². The van der Waals surface area contributed by atoms with Crippen LogP contribution in [0.4, 0.5) is 11.4 Å².